The minimum absolute atomic E-state index is 0.0101. The molecule has 1 atom stereocenters. The van der Waals surface area contributed by atoms with Gasteiger partial charge in [-0.3, -0.25) is 10.1 Å². The summed E-state index contributed by atoms with van der Waals surface area (Å²) < 4.78 is 0. The van der Waals surface area contributed by atoms with Crippen LogP contribution >= 0.6 is 0 Å². The fourth-order valence-electron chi connectivity index (χ4n) is 2.77. The van der Waals surface area contributed by atoms with Gasteiger partial charge in [0, 0.05) is 30.3 Å². The first kappa shape index (κ1) is 13.3. The Morgan fingerprint density at radius 1 is 1.43 bits per heavy atom. The highest BCUT2D eigenvalue weighted by molar-refractivity contribution is 5.95. The second kappa shape index (κ2) is 5.01. The zero-order valence-electron chi connectivity index (χ0n) is 11.1. The molecule has 1 fully saturated rings. The van der Waals surface area contributed by atoms with Gasteiger partial charge >= 0.3 is 5.97 Å². The quantitative estimate of drug-likeness (QED) is 0.686. The molecule has 0 radical (unpaired) electrons. The summed E-state index contributed by atoms with van der Waals surface area (Å²) in [5.41, 5.74) is 0.0101. The maximum absolute atomic E-state index is 11.3. The molecule has 0 spiro atoms. The fourth-order valence-corrected chi connectivity index (χ4v) is 2.77. The Hall–Kier alpha value is -2.70. The number of nitro groups is 1. The minimum Gasteiger partial charge on any atom is -0.480 e. The highest BCUT2D eigenvalue weighted by Gasteiger charge is 2.32. The normalized spacial score (nSPS) is 18.1. The van der Waals surface area contributed by atoms with Crippen LogP contribution in [-0.4, -0.2) is 33.6 Å². The second-order valence-electron chi connectivity index (χ2n) is 4.99. The van der Waals surface area contributed by atoms with Crippen LogP contribution in [0.2, 0.25) is 0 Å². The second-order valence-corrected chi connectivity index (χ2v) is 4.99. The number of carbonyl (C=O) groups is 1. The molecular weight excluding hydrogens is 274 g/mol. The number of anilines is 1. The van der Waals surface area contributed by atoms with Crippen molar-refractivity contribution in [1.82, 2.24) is 4.98 Å². The van der Waals surface area contributed by atoms with Gasteiger partial charge in [-0.05, 0) is 30.4 Å². The molecule has 2 heterocycles. The number of nitrogens with zero attached hydrogens (tertiary/aromatic N) is 3. The number of hydrogen-bond acceptors (Lipinski definition) is 5. The summed E-state index contributed by atoms with van der Waals surface area (Å²) in [4.78, 5) is 27.7. The SMILES string of the molecule is O=C(O)C1CCCN1c1nccc2cc([N+](=O)[O-])ccc12. The zero-order valence-corrected chi connectivity index (χ0v) is 11.1. The molecule has 3 rings (SSSR count). The van der Waals surface area contributed by atoms with Crippen molar-refractivity contribution < 1.29 is 14.8 Å². The van der Waals surface area contributed by atoms with Gasteiger partial charge in [0.2, 0.25) is 0 Å². The summed E-state index contributed by atoms with van der Waals surface area (Å²) in [5.74, 6) is -0.291. The van der Waals surface area contributed by atoms with Crippen molar-refractivity contribution in [2.24, 2.45) is 0 Å². The molecule has 1 aromatic carbocycles. The summed E-state index contributed by atoms with van der Waals surface area (Å²) in [6.07, 6.45) is 2.93. The molecule has 1 unspecified atom stereocenters. The lowest BCUT2D eigenvalue weighted by Crippen LogP contribution is -2.36. The standard InChI is InChI=1S/C14H13N3O4/c18-14(19)12-2-1-7-16(12)13-11-4-3-10(17(20)21)8-9(11)5-6-15-13/h3-6,8,12H,1-2,7H2,(H,18,19). The van der Waals surface area contributed by atoms with Gasteiger partial charge in [-0.25, -0.2) is 9.78 Å². The Morgan fingerprint density at radius 2 is 2.24 bits per heavy atom. The van der Waals surface area contributed by atoms with Crippen LogP contribution in [0.4, 0.5) is 11.5 Å². The first-order valence-corrected chi connectivity index (χ1v) is 6.60. The molecule has 1 saturated heterocycles. The molecule has 0 aliphatic carbocycles. The molecule has 0 bridgehead atoms. The van der Waals surface area contributed by atoms with Crippen LogP contribution in [0.1, 0.15) is 12.8 Å². The number of hydrogen-bond donors (Lipinski definition) is 1. The van der Waals surface area contributed by atoms with Gasteiger partial charge in [0.1, 0.15) is 11.9 Å². The predicted octanol–water partition coefficient (Wildman–Crippen LogP) is 2.20. The minimum atomic E-state index is -0.867. The highest BCUT2D eigenvalue weighted by atomic mass is 16.6. The van der Waals surface area contributed by atoms with Crippen molar-refractivity contribution in [3.63, 3.8) is 0 Å². The first-order chi connectivity index (χ1) is 10.1. The van der Waals surface area contributed by atoms with E-state index in [0.717, 1.165) is 11.8 Å². The third-order valence-electron chi connectivity index (χ3n) is 3.75. The van der Waals surface area contributed by atoms with E-state index in [0.29, 0.717) is 24.2 Å². The van der Waals surface area contributed by atoms with Crippen molar-refractivity contribution in [1.29, 1.82) is 0 Å². The zero-order chi connectivity index (χ0) is 15.0. The number of nitro benzene ring substituents is 1. The van der Waals surface area contributed by atoms with Crippen LogP contribution in [0, 0.1) is 10.1 Å². The highest BCUT2D eigenvalue weighted by Crippen LogP contribution is 2.32. The summed E-state index contributed by atoms with van der Waals surface area (Å²) in [6.45, 7) is 0.625. The van der Waals surface area contributed by atoms with Crippen molar-refractivity contribution >= 4 is 28.2 Å². The maximum Gasteiger partial charge on any atom is 0.326 e. The lowest BCUT2D eigenvalue weighted by Gasteiger charge is -2.23. The third kappa shape index (κ3) is 2.26. The van der Waals surface area contributed by atoms with Gasteiger partial charge in [-0.15, -0.1) is 0 Å². The van der Waals surface area contributed by atoms with Crippen molar-refractivity contribution in [2.45, 2.75) is 18.9 Å². The third-order valence-corrected chi connectivity index (χ3v) is 3.75. The monoisotopic (exact) mass is 287 g/mol. The van der Waals surface area contributed by atoms with Gasteiger partial charge in [-0.2, -0.15) is 0 Å². The lowest BCUT2D eigenvalue weighted by molar-refractivity contribution is -0.384. The first-order valence-electron chi connectivity index (χ1n) is 6.60. The van der Waals surface area contributed by atoms with Crippen LogP contribution in [0.15, 0.2) is 30.5 Å². The number of fused-ring (bicyclic) bond motifs is 1. The molecule has 1 aliphatic heterocycles. The van der Waals surface area contributed by atoms with E-state index in [1.807, 2.05) is 0 Å². The van der Waals surface area contributed by atoms with E-state index >= 15 is 0 Å². The summed E-state index contributed by atoms with van der Waals surface area (Å²) in [5, 5.41) is 21.5. The fraction of sp³-hybridized carbons (Fsp3) is 0.286. The number of benzene rings is 1. The average molecular weight is 287 g/mol. The van der Waals surface area contributed by atoms with E-state index in [-0.39, 0.29) is 5.69 Å². The summed E-state index contributed by atoms with van der Waals surface area (Å²) in [6, 6.07) is 5.63. The number of pyridine rings is 1. The Balaban J connectivity index is 2.11. The lowest BCUT2D eigenvalue weighted by atomic mass is 10.1. The van der Waals surface area contributed by atoms with Gasteiger partial charge in [-0.1, -0.05) is 0 Å². The molecular formula is C14H13N3O4. The van der Waals surface area contributed by atoms with Gasteiger partial charge in [0.15, 0.2) is 0 Å². The number of aliphatic carboxylic acids is 1. The van der Waals surface area contributed by atoms with E-state index < -0.39 is 16.9 Å². The summed E-state index contributed by atoms with van der Waals surface area (Å²) >= 11 is 0. The van der Waals surface area contributed by atoms with Crippen LogP contribution in [0.3, 0.4) is 0 Å². The van der Waals surface area contributed by atoms with Crippen LogP contribution in [-0.2, 0) is 4.79 Å². The van der Waals surface area contributed by atoms with Crippen LogP contribution in [0.25, 0.3) is 10.8 Å². The number of aromatic nitrogens is 1. The number of carboxylic acids is 1. The molecule has 1 aromatic heterocycles. The average Bonchev–Trinajstić information content (AvgIpc) is 2.95. The summed E-state index contributed by atoms with van der Waals surface area (Å²) in [7, 11) is 0. The molecule has 0 amide bonds. The van der Waals surface area contributed by atoms with Gasteiger partial charge in [0.05, 0.1) is 4.92 Å². The molecule has 7 nitrogen and oxygen atoms in total. The van der Waals surface area contributed by atoms with E-state index in [2.05, 4.69) is 4.98 Å². The van der Waals surface area contributed by atoms with Gasteiger partial charge in [0.25, 0.3) is 5.69 Å². The molecule has 108 valence electrons. The van der Waals surface area contributed by atoms with E-state index in [4.69, 9.17) is 0 Å². The largest absolute Gasteiger partial charge is 0.480 e. The Morgan fingerprint density at radius 3 is 2.95 bits per heavy atom. The Kier molecular flexibility index (Phi) is 3.17. The van der Waals surface area contributed by atoms with E-state index in [1.54, 1.807) is 23.2 Å². The number of carboxylic acid groups (broad SMARTS) is 1. The molecule has 7 heteroatoms. The van der Waals surface area contributed by atoms with Crippen molar-refractivity contribution in [2.75, 3.05) is 11.4 Å². The smallest absolute Gasteiger partial charge is 0.326 e. The van der Waals surface area contributed by atoms with E-state index in [9.17, 15) is 20.0 Å². The van der Waals surface area contributed by atoms with Gasteiger partial charge < -0.3 is 10.0 Å². The van der Waals surface area contributed by atoms with Crippen LogP contribution < -0.4 is 4.90 Å². The molecule has 1 aliphatic rings. The van der Waals surface area contributed by atoms with Crippen molar-refractivity contribution in [3.8, 4) is 0 Å². The van der Waals surface area contributed by atoms with Crippen LogP contribution in [0.5, 0.6) is 0 Å². The molecule has 2 aromatic rings. The molecule has 21 heavy (non-hydrogen) atoms. The number of rotatable bonds is 3. The Bertz CT molecular complexity index is 731. The topological polar surface area (TPSA) is 96.6 Å². The molecule has 1 N–H and O–H groups in total. The number of non-ortho nitro benzene ring substituents is 1. The van der Waals surface area contributed by atoms with Crippen molar-refractivity contribution in [3.05, 3.63) is 40.6 Å². The molecule has 0 saturated carbocycles. The predicted molar refractivity (Wildman–Crippen MR) is 76.4 cm³/mol. The Labute approximate surface area is 120 Å². The maximum atomic E-state index is 11.3. The van der Waals surface area contributed by atoms with E-state index in [1.165, 1.54) is 12.1 Å².